The van der Waals surface area contributed by atoms with E-state index in [-0.39, 0.29) is 0 Å². The van der Waals surface area contributed by atoms with Crippen molar-refractivity contribution in [3.63, 3.8) is 0 Å². The first kappa shape index (κ1) is 37.8. The first-order chi connectivity index (χ1) is 28.1. The minimum absolute atomic E-state index is 0.350. The molecule has 9 nitrogen and oxygen atoms in total. The molecule has 4 aromatic carbocycles. The number of hydrogen-bond donors (Lipinski definition) is 0. The van der Waals surface area contributed by atoms with Gasteiger partial charge in [0.1, 0.15) is 11.2 Å². The lowest BCUT2D eigenvalue weighted by molar-refractivity contribution is -0.0589. The Morgan fingerprint density at radius 1 is 0.466 bits per heavy atom. The Balaban J connectivity index is 1.02. The first-order valence-electron chi connectivity index (χ1n) is 19.3. The first-order valence-corrected chi connectivity index (χ1v) is 19.3. The van der Waals surface area contributed by atoms with Crippen molar-refractivity contribution in [3.05, 3.63) is 182 Å². The predicted molar refractivity (Wildman–Crippen MR) is 228 cm³/mol. The maximum atomic E-state index is 13.6. The SMILES string of the molecule is CC(C)(Cc1cc(-c2cccc(-c3ccccc3)c2)nn1-c1ccccn1)OC(=O)OC(C)(C)Cc1cc(-c2cccc(-c3ccccc3)c2)nn1-c1ccccn1. The molecule has 0 saturated heterocycles. The Hall–Kier alpha value is -7.13. The van der Waals surface area contributed by atoms with Gasteiger partial charge in [-0.05, 0) is 98.5 Å². The van der Waals surface area contributed by atoms with Gasteiger partial charge in [0.15, 0.2) is 11.6 Å². The Kier molecular flexibility index (Phi) is 10.5. The predicted octanol–water partition coefficient (Wildman–Crippen LogP) is 11.0. The molecule has 288 valence electrons. The van der Waals surface area contributed by atoms with Crippen LogP contribution in [0, 0.1) is 0 Å². The lowest BCUT2D eigenvalue weighted by Crippen LogP contribution is -2.37. The quantitative estimate of drug-likeness (QED) is 0.114. The van der Waals surface area contributed by atoms with Gasteiger partial charge in [-0.15, -0.1) is 0 Å². The number of rotatable bonds is 12. The number of hydrogen-bond acceptors (Lipinski definition) is 7. The van der Waals surface area contributed by atoms with Gasteiger partial charge in [0.2, 0.25) is 0 Å². The fraction of sp³-hybridized carbons (Fsp3) is 0.163. The van der Waals surface area contributed by atoms with Crippen molar-refractivity contribution in [2.24, 2.45) is 0 Å². The largest absolute Gasteiger partial charge is 0.509 e. The van der Waals surface area contributed by atoms with Crippen molar-refractivity contribution in [2.45, 2.75) is 51.7 Å². The van der Waals surface area contributed by atoms with Gasteiger partial charge in [-0.1, -0.05) is 109 Å². The van der Waals surface area contributed by atoms with Gasteiger partial charge >= 0.3 is 6.16 Å². The number of nitrogens with zero attached hydrogens (tertiary/aromatic N) is 6. The summed E-state index contributed by atoms with van der Waals surface area (Å²) in [5, 5.41) is 10.0. The van der Waals surface area contributed by atoms with Crippen molar-refractivity contribution in [3.8, 4) is 56.4 Å². The smallest absolute Gasteiger partial charge is 0.428 e. The van der Waals surface area contributed by atoms with E-state index in [1.807, 2.05) is 146 Å². The summed E-state index contributed by atoms with van der Waals surface area (Å²) in [7, 11) is 0. The van der Waals surface area contributed by atoms with Crippen LogP contribution in [0.15, 0.2) is 170 Å². The van der Waals surface area contributed by atoms with E-state index >= 15 is 0 Å². The molecule has 0 atom stereocenters. The molecule has 8 rings (SSSR count). The molecule has 0 aliphatic carbocycles. The van der Waals surface area contributed by atoms with Crippen molar-refractivity contribution >= 4 is 6.16 Å². The van der Waals surface area contributed by atoms with Crippen LogP contribution in [-0.4, -0.2) is 46.9 Å². The summed E-state index contributed by atoms with van der Waals surface area (Å²) >= 11 is 0. The Morgan fingerprint density at radius 3 is 1.24 bits per heavy atom. The standard InChI is InChI=1S/C49H44N6O3/c1-48(2,33-41-31-43(52-54(41)45-25-11-13-27-50-45)39-23-15-21-37(29-39)35-17-7-5-8-18-35)57-47(56)58-49(3,4)34-42-32-44(53-55(42)46-26-12-14-28-51-46)40-24-16-22-38(30-40)36-19-9-6-10-20-36/h5-32H,33-34H2,1-4H3. The second-order valence-corrected chi connectivity index (χ2v) is 15.5. The van der Waals surface area contributed by atoms with Crippen molar-refractivity contribution in [2.75, 3.05) is 0 Å². The van der Waals surface area contributed by atoms with Crippen LogP contribution in [0.3, 0.4) is 0 Å². The molecule has 4 heterocycles. The highest BCUT2D eigenvalue weighted by Crippen LogP contribution is 2.31. The number of carbonyl (C=O) groups is 1. The van der Waals surface area contributed by atoms with Crippen LogP contribution in [0.5, 0.6) is 0 Å². The average molecular weight is 765 g/mol. The zero-order chi connectivity index (χ0) is 40.1. The lowest BCUT2D eigenvalue weighted by Gasteiger charge is -2.29. The normalized spacial score (nSPS) is 11.7. The average Bonchev–Trinajstić information content (AvgIpc) is 3.85. The van der Waals surface area contributed by atoms with Crippen LogP contribution in [0.25, 0.3) is 56.4 Å². The summed E-state index contributed by atoms with van der Waals surface area (Å²) in [5.74, 6) is 1.33. The van der Waals surface area contributed by atoms with E-state index in [0.29, 0.717) is 24.5 Å². The zero-order valence-electron chi connectivity index (χ0n) is 33.0. The van der Waals surface area contributed by atoms with Gasteiger partial charge in [0.05, 0.1) is 22.8 Å². The van der Waals surface area contributed by atoms with Gasteiger partial charge in [0, 0.05) is 36.4 Å². The highest BCUT2D eigenvalue weighted by molar-refractivity contribution is 5.73. The van der Waals surface area contributed by atoms with Crippen LogP contribution in [0.2, 0.25) is 0 Å². The highest BCUT2D eigenvalue weighted by atomic mass is 16.7. The molecule has 0 spiro atoms. The molecule has 0 fully saturated rings. The molecular formula is C49H44N6O3. The maximum absolute atomic E-state index is 13.6. The van der Waals surface area contributed by atoms with Gasteiger partial charge in [-0.2, -0.15) is 10.2 Å². The van der Waals surface area contributed by atoms with Gasteiger partial charge < -0.3 is 9.47 Å². The summed E-state index contributed by atoms with van der Waals surface area (Å²) in [6, 6.07) is 52.6. The number of benzene rings is 4. The number of aromatic nitrogens is 6. The van der Waals surface area contributed by atoms with E-state index < -0.39 is 17.4 Å². The van der Waals surface area contributed by atoms with Gasteiger partial charge in [0.25, 0.3) is 0 Å². The minimum Gasteiger partial charge on any atom is -0.428 e. The van der Waals surface area contributed by atoms with Crippen LogP contribution in [0.1, 0.15) is 39.1 Å². The highest BCUT2D eigenvalue weighted by Gasteiger charge is 2.32. The van der Waals surface area contributed by atoms with E-state index in [0.717, 1.165) is 56.2 Å². The van der Waals surface area contributed by atoms with Crippen LogP contribution in [0.4, 0.5) is 4.79 Å². The molecule has 0 bridgehead atoms. The molecule has 0 aliphatic heterocycles. The number of pyridine rings is 2. The molecule has 4 aromatic heterocycles. The van der Waals surface area contributed by atoms with E-state index in [9.17, 15) is 4.79 Å². The van der Waals surface area contributed by atoms with E-state index in [4.69, 9.17) is 19.7 Å². The monoisotopic (exact) mass is 764 g/mol. The second-order valence-electron chi connectivity index (χ2n) is 15.5. The molecule has 58 heavy (non-hydrogen) atoms. The van der Waals surface area contributed by atoms with Crippen molar-refractivity contribution in [1.29, 1.82) is 0 Å². The molecule has 8 aromatic rings. The lowest BCUT2D eigenvalue weighted by atomic mass is 9.99. The third-order valence-corrected chi connectivity index (χ3v) is 9.76. The molecule has 0 aliphatic rings. The van der Waals surface area contributed by atoms with Crippen molar-refractivity contribution in [1.82, 2.24) is 29.5 Å². The summed E-state index contributed by atoms with van der Waals surface area (Å²) < 4.78 is 15.8. The second kappa shape index (κ2) is 16.2. The Bertz CT molecular complexity index is 2450. The van der Waals surface area contributed by atoms with E-state index in [2.05, 4.69) is 58.5 Å². The Labute approximate surface area is 338 Å². The minimum atomic E-state index is -0.963. The molecule has 0 saturated carbocycles. The zero-order valence-corrected chi connectivity index (χ0v) is 33.0. The van der Waals surface area contributed by atoms with Crippen LogP contribution >= 0.6 is 0 Å². The fourth-order valence-corrected chi connectivity index (χ4v) is 7.12. The summed E-state index contributed by atoms with van der Waals surface area (Å²) in [6.07, 6.45) is 3.41. The van der Waals surface area contributed by atoms with Gasteiger partial charge in [-0.3, -0.25) is 0 Å². The molecule has 9 heteroatoms. The maximum Gasteiger partial charge on any atom is 0.509 e. The summed E-state index contributed by atoms with van der Waals surface area (Å²) in [5.41, 5.74) is 7.68. The van der Waals surface area contributed by atoms with Crippen molar-refractivity contribution < 1.29 is 14.3 Å². The summed E-state index contributed by atoms with van der Waals surface area (Å²) in [4.78, 5) is 22.8. The van der Waals surface area contributed by atoms with E-state index in [1.54, 1.807) is 12.4 Å². The molecule has 0 N–H and O–H groups in total. The van der Waals surface area contributed by atoms with E-state index in [1.165, 1.54) is 0 Å². The number of carbonyl (C=O) groups excluding carboxylic acids is 1. The molecule has 0 unspecified atom stereocenters. The third-order valence-electron chi connectivity index (χ3n) is 9.76. The molecule has 0 radical (unpaired) electrons. The number of ether oxygens (including phenoxy) is 2. The molecule has 0 amide bonds. The third kappa shape index (κ3) is 8.79. The van der Waals surface area contributed by atoms with Crippen LogP contribution in [-0.2, 0) is 22.3 Å². The fourth-order valence-electron chi connectivity index (χ4n) is 7.12. The summed E-state index contributed by atoms with van der Waals surface area (Å²) in [6.45, 7) is 7.49. The van der Waals surface area contributed by atoms with Gasteiger partial charge in [-0.25, -0.2) is 24.1 Å². The topological polar surface area (TPSA) is 97.0 Å². The Morgan fingerprint density at radius 2 is 0.845 bits per heavy atom. The molecular weight excluding hydrogens is 721 g/mol. The van der Waals surface area contributed by atoms with Crippen LogP contribution < -0.4 is 0 Å².